The highest BCUT2D eigenvalue weighted by atomic mass is 16.1. The standard InChI is InChI=1S/C19H26N4O/c1-13(20-10-14-11-21-23(12-14)19(2,3)4)15-5-7-17-16(9-15)6-8-18(24)22-17/h5,7,9,11-13,20H,6,8,10H2,1-4H3,(H,22,24). The lowest BCUT2D eigenvalue weighted by molar-refractivity contribution is -0.116. The van der Waals surface area contributed by atoms with E-state index >= 15 is 0 Å². The van der Waals surface area contributed by atoms with Crippen molar-refractivity contribution in [3.63, 3.8) is 0 Å². The molecule has 1 unspecified atom stereocenters. The Morgan fingerprint density at radius 1 is 1.33 bits per heavy atom. The number of amides is 1. The van der Waals surface area contributed by atoms with E-state index in [0.29, 0.717) is 6.42 Å². The van der Waals surface area contributed by atoms with Crippen LogP contribution in [0.2, 0.25) is 0 Å². The molecule has 1 aliphatic rings. The van der Waals surface area contributed by atoms with Crippen LogP contribution >= 0.6 is 0 Å². The van der Waals surface area contributed by atoms with Gasteiger partial charge in [0.25, 0.3) is 0 Å². The number of anilines is 1. The van der Waals surface area contributed by atoms with Crippen molar-refractivity contribution in [2.75, 3.05) is 5.32 Å². The Bertz CT molecular complexity index is 742. The predicted octanol–water partition coefficient (Wildman–Crippen LogP) is 3.37. The molecule has 1 aromatic heterocycles. The Labute approximate surface area is 143 Å². The minimum atomic E-state index is 0.00674. The van der Waals surface area contributed by atoms with Gasteiger partial charge >= 0.3 is 0 Å². The summed E-state index contributed by atoms with van der Waals surface area (Å²) in [7, 11) is 0. The minimum Gasteiger partial charge on any atom is -0.326 e. The number of hydrogen-bond donors (Lipinski definition) is 2. The van der Waals surface area contributed by atoms with Gasteiger partial charge in [-0.05, 0) is 51.3 Å². The highest BCUT2D eigenvalue weighted by Gasteiger charge is 2.17. The second-order valence-electron chi connectivity index (χ2n) is 7.53. The minimum absolute atomic E-state index is 0.00674. The van der Waals surface area contributed by atoms with E-state index in [4.69, 9.17) is 0 Å². The maximum absolute atomic E-state index is 11.4. The van der Waals surface area contributed by atoms with Crippen LogP contribution in [0, 0.1) is 0 Å². The first-order valence-corrected chi connectivity index (χ1v) is 8.53. The molecule has 1 aliphatic heterocycles. The molecular weight excluding hydrogens is 300 g/mol. The molecular formula is C19H26N4O. The summed E-state index contributed by atoms with van der Waals surface area (Å²) in [5, 5.41) is 10.9. The van der Waals surface area contributed by atoms with Crippen molar-refractivity contribution in [1.29, 1.82) is 0 Å². The van der Waals surface area contributed by atoms with E-state index in [1.165, 1.54) is 16.7 Å². The van der Waals surface area contributed by atoms with Crippen LogP contribution in [0.1, 0.15) is 56.8 Å². The number of hydrogen-bond acceptors (Lipinski definition) is 3. The van der Waals surface area contributed by atoms with Gasteiger partial charge in [0.2, 0.25) is 5.91 Å². The van der Waals surface area contributed by atoms with Gasteiger partial charge in [-0.2, -0.15) is 5.10 Å². The zero-order valence-corrected chi connectivity index (χ0v) is 14.9. The molecule has 0 fully saturated rings. The number of nitrogens with zero attached hydrogens (tertiary/aromatic N) is 2. The van der Waals surface area contributed by atoms with E-state index in [0.717, 1.165) is 18.7 Å². The number of benzene rings is 1. The van der Waals surface area contributed by atoms with Gasteiger partial charge in [-0.15, -0.1) is 0 Å². The molecule has 3 rings (SSSR count). The first-order chi connectivity index (χ1) is 11.3. The molecule has 5 nitrogen and oxygen atoms in total. The van der Waals surface area contributed by atoms with Gasteiger partial charge in [-0.1, -0.05) is 12.1 Å². The van der Waals surface area contributed by atoms with Crippen molar-refractivity contribution >= 4 is 11.6 Å². The Morgan fingerprint density at radius 2 is 2.12 bits per heavy atom. The van der Waals surface area contributed by atoms with Crippen LogP contribution < -0.4 is 10.6 Å². The largest absolute Gasteiger partial charge is 0.326 e. The fraction of sp³-hybridized carbons (Fsp3) is 0.474. The lowest BCUT2D eigenvalue weighted by atomic mass is 9.98. The number of carbonyl (C=O) groups excluding carboxylic acids is 1. The van der Waals surface area contributed by atoms with Gasteiger partial charge in [0.15, 0.2) is 0 Å². The second kappa shape index (κ2) is 6.40. The van der Waals surface area contributed by atoms with Crippen LogP contribution in [-0.4, -0.2) is 15.7 Å². The molecule has 2 aromatic rings. The zero-order chi connectivity index (χ0) is 17.3. The van der Waals surface area contributed by atoms with Crippen LogP contribution in [0.25, 0.3) is 0 Å². The summed E-state index contributed by atoms with van der Waals surface area (Å²) in [6, 6.07) is 6.54. The summed E-state index contributed by atoms with van der Waals surface area (Å²) in [5.74, 6) is 0.109. The normalized spacial score (nSPS) is 15.8. The zero-order valence-electron chi connectivity index (χ0n) is 14.9. The summed E-state index contributed by atoms with van der Waals surface area (Å²) in [6.45, 7) is 9.38. The third-order valence-corrected chi connectivity index (χ3v) is 4.46. The number of rotatable bonds is 4. The molecule has 1 amide bonds. The molecule has 0 bridgehead atoms. The van der Waals surface area contributed by atoms with Crippen molar-refractivity contribution < 1.29 is 4.79 Å². The molecule has 0 saturated carbocycles. The van der Waals surface area contributed by atoms with Gasteiger partial charge in [-0.25, -0.2) is 0 Å². The molecule has 0 radical (unpaired) electrons. The fourth-order valence-electron chi connectivity index (χ4n) is 2.88. The van der Waals surface area contributed by atoms with Crippen LogP contribution in [-0.2, 0) is 23.3 Å². The average molecular weight is 326 g/mol. The molecule has 0 spiro atoms. The molecule has 1 atom stereocenters. The first kappa shape index (κ1) is 16.7. The summed E-state index contributed by atoms with van der Waals surface area (Å²) in [5.41, 5.74) is 4.61. The number of carbonyl (C=O) groups is 1. The van der Waals surface area contributed by atoms with Crippen molar-refractivity contribution in [2.24, 2.45) is 0 Å². The highest BCUT2D eigenvalue weighted by Crippen LogP contribution is 2.26. The SMILES string of the molecule is CC(NCc1cnn(C(C)(C)C)c1)c1ccc2c(c1)CCC(=O)N2. The predicted molar refractivity (Wildman–Crippen MR) is 95.9 cm³/mol. The maximum Gasteiger partial charge on any atom is 0.224 e. The summed E-state index contributed by atoms with van der Waals surface area (Å²) >= 11 is 0. The lowest BCUT2D eigenvalue weighted by Gasteiger charge is -2.20. The molecule has 0 saturated heterocycles. The van der Waals surface area contributed by atoms with E-state index in [9.17, 15) is 4.79 Å². The van der Waals surface area contributed by atoms with Crippen LogP contribution in [0.3, 0.4) is 0 Å². The molecule has 128 valence electrons. The highest BCUT2D eigenvalue weighted by molar-refractivity contribution is 5.93. The first-order valence-electron chi connectivity index (χ1n) is 8.53. The molecule has 2 heterocycles. The maximum atomic E-state index is 11.4. The van der Waals surface area contributed by atoms with E-state index in [1.54, 1.807) is 0 Å². The van der Waals surface area contributed by atoms with Gasteiger partial charge in [-0.3, -0.25) is 9.48 Å². The number of fused-ring (bicyclic) bond motifs is 1. The van der Waals surface area contributed by atoms with E-state index in [-0.39, 0.29) is 17.5 Å². The molecule has 5 heteroatoms. The van der Waals surface area contributed by atoms with Gasteiger partial charge in [0.05, 0.1) is 11.7 Å². The Kier molecular flexibility index (Phi) is 4.45. The van der Waals surface area contributed by atoms with Crippen LogP contribution in [0.4, 0.5) is 5.69 Å². The third-order valence-electron chi connectivity index (χ3n) is 4.46. The number of nitrogens with one attached hydrogen (secondary N) is 2. The summed E-state index contributed by atoms with van der Waals surface area (Å²) in [4.78, 5) is 11.4. The molecule has 24 heavy (non-hydrogen) atoms. The van der Waals surface area contributed by atoms with Crippen LogP contribution in [0.5, 0.6) is 0 Å². The van der Waals surface area contributed by atoms with Gasteiger partial charge in [0.1, 0.15) is 0 Å². The van der Waals surface area contributed by atoms with Crippen molar-refractivity contribution in [2.45, 2.75) is 58.7 Å². The van der Waals surface area contributed by atoms with Gasteiger partial charge in [0, 0.05) is 36.5 Å². The van der Waals surface area contributed by atoms with E-state index in [2.05, 4.69) is 61.8 Å². The molecule has 2 N–H and O–H groups in total. The number of aryl methyl sites for hydroxylation is 1. The van der Waals surface area contributed by atoms with Crippen molar-refractivity contribution in [3.8, 4) is 0 Å². The number of aromatic nitrogens is 2. The smallest absolute Gasteiger partial charge is 0.224 e. The van der Waals surface area contributed by atoms with E-state index in [1.807, 2.05) is 16.9 Å². The lowest BCUT2D eigenvalue weighted by Crippen LogP contribution is -2.22. The van der Waals surface area contributed by atoms with E-state index < -0.39 is 0 Å². The average Bonchev–Trinajstić information content (AvgIpc) is 3.01. The van der Waals surface area contributed by atoms with Crippen molar-refractivity contribution in [1.82, 2.24) is 15.1 Å². The Morgan fingerprint density at radius 3 is 2.83 bits per heavy atom. The topological polar surface area (TPSA) is 59.0 Å². The second-order valence-corrected chi connectivity index (χ2v) is 7.53. The summed E-state index contributed by atoms with van der Waals surface area (Å²) in [6.07, 6.45) is 5.42. The van der Waals surface area contributed by atoms with Crippen molar-refractivity contribution in [3.05, 3.63) is 47.3 Å². The van der Waals surface area contributed by atoms with Crippen LogP contribution in [0.15, 0.2) is 30.6 Å². The Balaban J connectivity index is 1.64. The van der Waals surface area contributed by atoms with Gasteiger partial charge < -0.3 is 10.6 Å². The monoisotopic (exact) mass is 326 g/mol. The summed E-state index contributed by atoms with van der Waals surface area (Å²) < 4.78 is 2.00. The fourth-order valence-corrected chi connectivity index (χ4v) is 2.88. The quantitative estimate of drug-likeness (QED) is 0.905. The molecule has 1 aromatic carbocycles. The Hall–Kier alpha value is -2.14. The third kappa shape index (κ3) is 3.67. The molecule has 0 aliphatic carbocycles.